The van der Waals surface area contributed by atoms with E-state index in [2.05, 4.69) is 6.58 Å². The van der Waals surface area contributed by atoms with Crippen molar-refractivity contribution >= 4 is 34.2 Å². The first-order chi connectivity index (χ1) is 18.8. The maximum absolute atomic E-state index is 14.7. The average Bonchev–Trinajstić information content (AvgIpc) is 3.57. The number of fused-ring (bicyclic) bond motifs is 2. The molecule has 3 aliphatic heterocycles. The number of hydrogen-bond acceptors (Lipinski definition) is 6. The van der Waals surface area contributed by atoms with Crippen LogP contribution in [-0.4, -0.2) is 71.3 Å². The van der Waals surface area contributed by atoms with Crippen LogP contribution in [0.1, 0.15) is 40.0 Å². The minimum absolute atomic E-state index is 0.173. The van der Waals surface area contributed by atoms with Gasteiger partial charge < -0.3 is 24.4 Å². The third-order valence-electron chi connectivity index (χ3n) is 8.50. The van der Waals surface area contributed by atoms with Gasteiger partial charge in [-0.15, -0.1) is 6.58 Å². The number of ether oxygens (including phenoxy) is 2. The maximum Gasteiger partial charge on any atom is 0.312 e. The van der Waals surface area contributed by atoms with Crippen LogP contribution in [-0.2, 0) is 23.9 Å². The highest BCUT2D eigenvalue weighted by atomic mass is 16.6. The number of carbonyl (C=O) groups is 3. The van der Waals surface area contributed by atoms with Crippen molar-refractivity contribution in [2.24, 2.45) is 17.8 Å². The zero-order valence-corrected chi connectivity index (χ0v) is 22.9. The van der Waals surface area contributed by atoms with Gasteiger partial charge in [-0.05, 0) is 55.0 Å². The molecule has 2 bridgehead atoms. The predicted octanol–water partition coefficient (Wildman–Crippen LogP) is 3.70. The molecule has 2 aromatic carbocycles. The van der Waals surface area contributed by atoms with Crippen molar-refractivity contribution in [3.8, 4) is 0 Å². The summed E-state index contributed by atoms with van der Waals surface area (Å²) < 4.78 is 11.9. The maximum atomic E-state index is 14.7. The van der Waals surface area contributed by atoms with Crippen molar-refractivity contribution in [2.75, 3.05) is 24.7 Å². The smallest absolute Gasteiger partial charge is 0.312 e. The van der Waals surface area contributed by atoms with Crippen LogP contribution in [0.4, 0.5) is 5.69 Å². The minimum atomic E-state index is -1.16. The van der Waals surface area contributed by atoms with Gasteiger partial charge in [0, 0.05) is 12.2 Å². The molecule has 0 aliphatic carbocycles. The van der Waals surface area contributed by atoms with E-state index in [9.17, 15) is 19.5 Å². The summed E-state index contributed by atoms with van der Waals surface area (Å²) in [5, 5.41) is 12.5. The third kappa shape index (κ3) is 4.43. The van der Waals surface area contributed by atoms with Crippen molar-refractivity contribution in [3.05, 3.63) is 55.1 Å². The van der Waals surface area contributed by atoms with Crippen molar-refractivity contribution in [3.63, 3.8) is 0 Å². The summed E-state index contributed by atoms with van der Waals surface area (Å²) in [6, 6.07) is 12.2. The molecule has 0 saturated carbocycles. The summed E-state index contributed by atoms with van der Waals surface area (Å²) in [5.74, 6) is -2.49. The second kappa shape index (κ2) is 10.7. The lowest BCUT2D eigenvalue weighted by molar-refractivity contribution is -0.155. The van der Waals surface area contributed by atoms with Crippen LogP contribution in [0.3, 0.4) is 0 Å². The van der Waals surface area contributed by atoms with Crippen molar-refractivity contribution < 1.29 is 29.0 Å². The first-order valence-electron chi connectivity index (χ1n) is 14.0. The number of benzene rings is 2. The number of aliphatic hydroxyl groups excluding tert-OH is 1. The van der Waals surface area contributed by atoms with E-state index >= 15 is 0 Å². The molecule has 2 amide bonds. The number of aliphatic hydroxyl groups is 1. The topological polar surface area (TPSA) is 96.4 Å². The van der Waals surface area contributed by atoms with E-state index in [0.29, 0.717) is 24.9 Å². The standard InChI is InChI=1S/C31H38N2O6/c1-5-15-32(22-12-11-20-9-7-8-10-21(20)17-22)29(36)27-31-14-13-24(39-31)25(30(37)38-6-2)26(31)28(35)33(27)23(18-34)16-19(3)4/h5,7-12,17,19,23-27,34H,1,6,13-16,18H2,2-4H3/t23-,24-,25+,26+,27?,31?/m1/s1. The summed E-state index contributed by atoms with van der Waals surface area (Å²) in [6.45, 7) is 9.79. The number of hydrogen-bond donors (Lipinski definition) is 1. The third-order valence-corrected chi connectivity index (χ3v) is 8.50. The molecule has 2 aromatic rings. The Balaban J connectivity index is 1.61. The Morgan fingerprint density at radius 2 is 2.00 bits per heavy atom. The second-order valence-corrected chi connectivity index (χ2v) is 11.3. The number of anilines is 1. The van der Waals surface area contributed by atoms with Crippen LogP contribution in [0.5, 0.6) is 0 Å². The van der Waals surface area contributed by atoms with Gasteiger partial charge >= 0.3 is 5.97 Å². The predicted molar refractivity (Wildman–Crippen MR) is 148 cm³/mol. The van der Waals surface area contributed by atoms with Crippen LogP contribution in [0.15, 0.2) is 55.1 Å². The highest BCUT2D eigenvalue weighted by Crippen LogP contribution is 2.59. The van der Waals surface area contributed by atoms with E-state index in [1.807, 2.05) is 56.3 Å². The number of likely N-dealkylation sites (tertiary alicyclic amines) is 1. The Morgan fingerprint density at radius 1 is 1.26 bits per heavy atom. The van der Waals surface area contributed by atoms with Gasteiger partial charge in [0.25, 0.3) is 5.91 Å². The molecule has 2 unspecified atom stereocenters. The molecule has 1 spiro atoms. The number of esters is 1. The lowest BCUT2D eigenvalue weighted by atomic mass is 9.70. The summed E-state index contributed by atoms with van der Waals surface area (Å²) >= 11 is 0. The van der Waals surface area contributed by atoms with E-state index in [1.54, 1.807) is 17.9 Å². The minimum Gasteiger partial charge on any atom is -0.466 e. The second-order valence-electron chi connectivity index (χ2n) is 11.3. The van der Waals surface area contributed by atoms with Gasteiger partial charge in [0.2, 0.25) is 5.91 Å². The Morgan fingerprint density at radius 3 is 2.67 bits per heavy atom. The molecular weight excluding hydrogens is 496 g/mol. The quantitative estimate of drug-likeness (QED) is 0.369. The normalized spacial score (nSPS) is 28.1. The highest BCUT2D eigenvalue weighted by Gasteiger charge is 2.75. The zero-order chi connectivity index (χ0) is 27.9. The van der Waals surface area contributed by atoms with Gasteiger partial charge in [-0.3, -0.25) is 14.4 Å². The summed E-state index contributed by atoms with van der Waals surface area (Å²) in [4.78, 5) is 45.1. The highest BCUT2D eigenvalue weighted by molar-refractivity contribution is 6.05. The lowest BCUT2D eigenvalue weighted by Gasteiger charge is -2.39. The molecule has 39 heavy (non-hydrogen) atoms. The SMILES string of the molecule is C=CCN(C(=O)C1N([C@@H](CO)CC(C)C)C(=O)[C@@H]2[C@@H](C(=O)OCC)[C@H]3CCC12O3)c1ccc2ccccc2c1. The Bertz CT molecular complexity index is 1280. The molecule has 3 saturated heterocycles. The van der Waals surface area contributed by atoms with E-state index < -0.39 is 41.6 Å². The first-order valence-corrected chi connectivity index (χ1v) is 14.0. The van der Waals surface area contributed by atoms with Crippen molar-refractivity contribution in [1.29, 1.82) is 0 Å². The van der Waals surface area contributed by atoms with Gasteiger partial charge in [-0.2, -0.15) is 0 Å². The monoisotopic (exact) mass is 534 g/mol. The molecule has 3 aliphatic rings. The van der Waals surface area contributed by atoms with E-state index in [4.69, 9.17) is 9.47 Å². The molecule has 5 rings (SSSR count). The largest absolute Gasteiger partial charge is 0.466 e. The fourth-order valence-corrected chi connectivity index (χ4v) is 7.03. The van der Waals surface area contributed by atoms with Gasteiger partial charge in [0.15, 0.2) is 0 Å². The van der Waals surface area contributed by atoms with Crippen LogP contribution in [0, 0.1) is 17.8 Å². The molecule has 0 radical (unpaired) electrons. The average molecular weight is 535 g/mol. The fraction of sp³-hybridized carbons (Fsp3) is 0.516. The van der Waals surface area contributed by atoms with Crippen LogP contribution >= 0.6 is 0 Å². The van der Waals surface area contributed by atoms with Crippen molar-refractivity contribution in [1.82, 2.24) is 4.90 Å². The molecule has 0 aromatic heterocycles. The molecule has 1 N–H and O–H groups in total. The van der Waals surface area contributed by atoms with Gasteiger partial charge in [-0.1, -0.05) is 50.3 Å². The molecule has 3 heterocycles. The number of nitrogens with zero attached hydrogens (tertiary/aromatic N) is 2. The number of amides is 2. The summed E-state index contributed by atoms with van der Waals surface area (Å²) in [6.07, 6.45) is 2.75. The van der Waals surface area contributed by atoms with Crippen LogP contribution in [0.25, 0.3) is 10.8 Å². The molecule has 3 fully saturated rings. The van der Waals surface area contributed by atoms with E-state index in [-0.39, 0.29) is 37.5 Å². The summed E-state index contributed by atoms with van der Waals surface area (Å²) in [7, 11) is 0. The van der Waals surface area contributed by atoms with Gasteiger partial charge in [0.1, 0.15) is 11.6 Å². The van der Waals surface area contributed by atoms with Crippen molar-refractivity contribution in [2.45, 2.75) is 63.8 Å². The van der Waals surface area contributed by atoms with Gasteiger partial charge in [0.05, 0.1) is 37.2 Å². The lowest BCUT2D eigenvalue weighted by Crippen LogP contribution is -2.59. The molecule has 208 valence electrons. The molecular formula is C31H38N2O6. The van der Waals surface area contributed by atoms with Gasteiger partial charge in [-0.25, -0.2) is 0 Å². The zero-order valence-electron chi connectivity index (χ0n) is 22.9. The van der Waals surface area contributed by atoms with Crippen LogP contribution in [0.2, 0.25) is 0 Å². The van der Waals surface area contributed by atoms with E-state index in [1.165, 1.54) is 4.90 Å². The molecule has 8 heteroatoms. The number of carbonyl (C=O) groups excluding carboxylic acids is 3. The molecule has 6 atom stereocenters. The Labute approximate surface area is 229 Å². The van der Waals surface area contributed by atoms with Crippen LogP contribution < -0.4 is 4.90 Å². The first kappa shape index (κ1) is 27.3. The molecule has 8 nitrogen and oxygen atoms in total. The fourth-order valence-electron chi connectivity index (χ4n) is 7.03. The summed E-state index contributed by atoms with van der Waals surface area (Å²) in [5.41, 5.74) is -0.471. The van der Waals surface area contributed by atoms with E-state index in [0.717, 1.165) is 10.8 Å². The Hall–Kier alpha value is -3.23. The number of rotatable bonds is 10. The Kier molecular flexibility index (Phi) is 7.53.